The van der Waals surface area contributed by atoms with Crippen molar-refractivity contribution in [1.29, 1.82) is 0 Å². The van der Waals surface area contributed by atoms with E-state index in [2.05, 4.69) is 27.4 Å². The predicted molar refractivity (Wildman–Crippen MR) is 83.9 cm³/mol. The van der Waals surface area contributed by atoms with E-state index in [1.165, 1.54) is 11.3 Å². The highest BCUT2D eigenvalue weighted by Gasteiger charge is 2.22. The second-order valence-corrected chi connectivity index (χ2v) is 7.13. The van der Waals surface area contributed by atoms with Gasteiger partial charge in [0, 0.05) is 10.4 Å². The van der Waals surface area contributed by atoms with Gasteiger partial charge in [0.25, 0.3) is 5.91 Å². The van der Waals surface area contributed by atoms with Crippen molar-refractivity contribution in [3.63, 3.8) is 0 Å². The maximum absolute atomic E-state index is 12.4. The Morgan fingerprint density at radius 1 is 1.52 bits per heavy atom. The molecule has 6 heteroatoms. The summed E-state index contributed by atoms with van der Waals surface area (Å²) in [4.78, 5) is 18.2. The summed E-state index contributed by atoms with van der Waals surface area (Å²) in [6.45, 7) is 6.36. The molecule has 21 heavy (non-hydrogen) atoms. The minimum absolute atomic E-state index is 0.157. The van der Waals surface area contributed by atoms with Gasteiger partial charge in [0.1, 0.15) is 5.69 Å². The largest absolute Gasteiger partial charge is 0.296 e. The Morgan fingerprint density at radius 2 is 2.33 bits per heavy atom. The van der Waals surface area contributed by atoms with E-state index in [0.717, 1.165) is 24.1 Å². The molecule has 2 N–H and O–H groups in total. The van der Waals surface area contributed by atoms with Gasteiger partial charge >= 0.3 is 0 Å². The standard InChI is InChI=1S/C15H20N4OS/c1-8(2)10-7-16-19-13(10)14(20)18-15-17-11-5-4-9(3)6-12(11)21-15/h7-9H,4-6H2,1-3H3,(H,16,19)(H,17,18,20). The molecule has 0 saturated carbocycles. The number of carbonyl (C=O) groups excluding carboxylic acids is 1. The molecule has 0 radical (unpaired) electrons. The van der Waals surface area contributed by atoms with Crippen LogP contribution in [0.25, 0.3) is 0 Å². The maximum atomic E-state index is 12.4. The molecule has 0 aliphatic heterocycles. The number of carbonyl (C=O) groups is 1. The molecule has 1 aliphatic carbocycles. The van der Waals surface area contributed by atoms with Gasteiger partial charge in [0.05, 0.1) is 11.9 Å². The number of aromatic amines is 1. The van der Waals surface area contributed by atoms with E-state index in [1.54, 1.807) is 17.5 Å². The molecular formula is C15H20N4OS. The van der Waals surface area contributed by atoms with E-state index in [1.807, 2.05) is 13.8 Å². The topological polar surface area (TPSA) is 70.7 Å². The zero-order valence-corrected chi connectivity index (χ0v) is 13.4. The average molecular weight is 304 g/mol. The van der Waals surface area contributed by atoms with Crippen LogP contribution in [0.2, 0.25) is 0 Å². The molecule has 1 atom stereocenters. The van der Waals surface area contributed by atoms with Crippen molar-refractivity contribution < 1.29 is 4.79 Å². The van der Waals surface area contributed by atoms with E-state index < -0.39 is 0 Å². The smallest absolute Gasteiger partial charge is 0.275 e. The second-order valence-electron chi connectivity index (χ2n) is 6.05. The van der Waals surface area contributed by atoms with Gasteiger partial charge in [-0.15, -0.1) is 11.3 Å². The number of aryl methyl sites for hydroxylation is 1. The van der Waals surface area contributed by atoms with Gasteiger partial charge in [-0.3, -0.25) is 15.2 Å². The third-order valence-electron chi connectivity index (χ3n) is 3.92. The lowest BCUT2D eigenvalue weighted by atomic mass is 9.93. The SMILES string of the molecule is CC1CCc2nc(NC(=O)c3[nH]ncc3C(C)C)sc2C1. The van der Waals surface area contributed by atoms with Crippen LogP contribution in [0.4, 0.5) is 5.13 Å². The Balaban J connectivity index is 1.78. The zero-order valence-electron chi connectivity index (χ0n) is 12.6. The first-order valence-corrected chi connectivity index (χ1v) is 8.19. The first-order chi connectivity index (χ1) is 10.0. The van der Waals surface area contributed by atoms with E-state index in [0.29, 0.717) is 16.7 Å². The summed E-state index contributed by atoms with van der Waals surface area (Å²) >= 11 is 1.60. The summed E-state index contributed by atoms with van der Waals surface area (Å²) in [7, 11) is 0. The normalized spacial score (nSPS) is 17.8. The van der Waals surface area contributed by atoms with Crippen LogP contribution in [0.3, 0.4) is 0 Å². The van der Waals surface area contributed by atoms with E-state index in [9.17, 15) is 4.79 Å². The lowest BCUT2D eigenvalue weighted by molar-refractivity contribution is 0.102. The number of hydrogen-bond donors (Lipinski definition) is 2. The highest BCUT2D eigenvalue weighted by atomic mass is 32.1. The van der Waals surface area contributed by atoms with Crippen LogP contribution in [0.15, 0.2) is 6.20 Å². The molecule has 3 rings (SSSR count). The fraction of sp³-hybridized carbons (Fsp3) is 0.533. The van der Waals surface area contributed by atoms with E-state index in [-0.39, 0.29) is 11.8 Å². The van der Waals surface area contributed by atoms with Gasteiger partial charge in [0.2, 0.25) is 0 Å². The van der Waals surface area contributed by atoms with Crippen LogP contribution >= 0.6 is 11.3 Å². The molecule has 0 aromatic carbocycles. The van der Waals surface area contributed by atoms with Crippen LogP contribution in [-0.4, -0.2) is 21.1 Å². The lowest BCUT2D eigenvalue weighted by Gasteiger charge is -2.15. The Labute approximate surface area is 128 Å². The molecule has 2 aromatic heterocycles. The predicted octanol–water partition coefficient (Wildman–Crippen LogP) is 3.37. The molecule has 5 nitrogen and oxygen atoms in total. The molecular weight excluding hydrogens is 284 g/mol. The zero-order chi connectivity index (χ0) is 15.0. The number of amides is 1. The lowest BCUT2D eigenvalue weighted by Crippen LogP contribution is -2.14. The number of rotatable bonds is 3. The molecule has 2 heterocycles. The molecule has 0 spiro atoms. The number of nitrogens with one attached hydrogen (secondary N) is 2. The first-order valence-electron chi connectivity index (χ1n) is 7.37. The summed E-state index contributed by atoms with van der Waals surface area (Å²) in [5.41, 5.74) is 2.62. The van der Waals surface area contributed by atoms with Crippen molar-refractivity contribution in [3.8, 4) is 0 Å². The van der Waals surface area contributed by atoms with Crippen molar-refractivity contribution in [2.24, 2.45) is 5.92 Å². The summed E-state index contributed by atoms with van der Waals surface area (Å²) in [5.74, 6) is 0.812. The fourth-order valence-electron chi connectivity index (χ4n) is 2.67. The third kappa shape index (κ3) is 2.85. The first kappa shape index (κ1) is 14.3. The summed E-state index contributed by atoms with van der Waals surface area (Å²) < 4.78 is 0. The van der Waals surface area contributed by atoms with E-state index >= 15 is 0 Å². The van der Waals surface area contributed by atoms with E-state index in [4.69, 9.17) is 0 Å². The number of anilines is 1. The second kappa shape index (κ2) is 5.60. The number of hydrogen-bond acceptors (Lipinski definition) is 4. The van der Waals surface area contributed by atoms with Crippen molar-refractivity contribution >= 4 is 22.4 Å². The molecule has 0 bridgehead atoms. The molecule has 0 fully saturated rings. The number of fused-ring (bicyclic) bond motifs is 1. The number of aromatic nitrogens is 3. The van der Waals surface area contributed by atoms with Crippen molar-refractivity contribution in [2.45, 2.75) is 46.0 Å². The highest BCUT2D eigenvalue weighted by Crippen LogP contribution is 2.32. The van der Waals surface area contributed by atoms with Gasteiger partial charge in [-0.2, -0.15) is 5.10 Å². The van der Waals surface area contributed by atoms with Crippen LogP contribution in [0.5, 0.6) is 0 Å². The van der Waals surface area contributed by atoms with Crippen LogP contribution < -0.4 is 5.32 Å². The van der Waals surface area contributed by atoms with Crippen molar-refractivity contribution in [3.05, 3.63) is 28.0 Å². The van der Waals surface area contributed by atoms with Gasteiger partial charge in [-0.1, -0.05) is 20.8 Å². The fourth-order valence-corrected chi connectivity index (χ4v) is 3.83. The number of thiazole rings is 1. The number of nitrogens with zero attached hydrogens (tertiary/aromatic N) is 2. The Kier molecular flexibility index (Phi) is 3.80. The number of H-pyrrole nitrogens is 1. The molecule has 112 valence electrons. The minimum Gasteiger partial charge on any atom is -0.296 e. The van der Waals surface area contributed by atoms with Gasteiger partial charge in [0.15, 0.2) is 5.13 Å². The van der Waals surface area contributed by atoms with Gasteiger partial charge in [-0.25, -0.2) is 4.98 Å². The summed E-state index contributed by atoms with van der Waals surface area (Å²) in [6, 6.07) is 0. The van der Waals surface area contributed by atoms with Crippen LogP contribution in [0, 0.1) is 5.92 Å². The highest BCUT2D eigenvalue weighted by molar-refractivity contribution is 7.15. The summed E-state index contributed by atoms with van der Waals surface area (Å²) in [5, 5.41) is 10.4. The quantitative estimate of drug-likeness (QED) is 0.913. The Morgan fingerprint density at radius 3 is 3.10 bits per heavy atom. The Hall–Kier alpha value is -1.69. The molecule has 1 amide bonds. The maximum Gasteiger partial charge on any atom is 0.275 e. The monoisotopic (exact) mass is 304 g/mol. The van der Waals surface area contributed by atoms with Crippen molar-refractivity contribution in [2.75, 3.05) is 5.32 Å². The average Bonchev–Trinajstić information content (AvgIpc) is 3.03. The minimum atomic E-state index is -0.157. The molecule has 1 unspecified atom stereocenters. The van der Waals surface area contributed by atoms with Crippen molar-refractivity contribution in [1.82, 2.24) is 15.2 Å². The Bertz CT molecular complexity index is 658. The summed E-state index contributed by atoms with van der Waals surface area (Å²) in [6.07, 6.45) is 4.99. The van der Waals surface area contributed by atoms with Gasteiger partial charge < -0.3 is 0 Å². The molecule has 1 aliphatic rings. The molecule has 2 aromatic rings. The molecule has 0 saturated heterocycles. The third-order valence-corrected chi connectivity index (χ3v) is 4.96. The van der Waals surface area contributed by atoms with Crippen LogP contribution in [0.1, 0.15) is 59.7 Å². The van der Waals surface area contributed by atoms with Crippen LogP contribution in [-0.2, 0) is 12.8 Å². The van der Waals surface area contributed by atoms with Gasteiger partial charge in [-0.05, 0) is 31.1 Å².